The smallest absolute Gasteiger partial charge is 0.185 e. The standard InChI is InChI=1S/C18H19N7/c1-12-20-21-17-15-5-3-4-6-16(15)18(22-25(12)17)24-8-7-13(11-24)14-9-19-23(2)10-14/h3-6,9-10,13H,7-8,11H2,1-2H3/t13-/m1/s1. The highest BCUT2D eigenvalue weighted by atomic mass is 15.4. The number of aromatic nitrogens is 6. The molecule has 1 aliphatic rings. The molecule has 4 heterocycles. The fourth-order valence-corrected chi connectivity index (χ4v) is 3.78. The van der Waals surface area contributed by atoms with Crippen LogP contribution in [-0.2, 0) is 7.05 Å². The van der Waals surface area contributed by atoms with E-state index in [4.69, 9.17) is 5.10 Å². The Morgan fingerprint density at radius 2 is 1.96 bits per heavy atom. The van der Waals surface area contributed by atoms with Crippen molar-refractivity contribution >= 4 is 22.2 Å². The monoisotopic (exact) mass is 333 g/mol. The molecule has 25 heavy (non-hydrogen) atoms. The van der Waals surface area contributed by atoms with E-state index in [1.54, 1.807) is 0 Å². The van der Waals surface area contributed by atoms with E-state index in [-0.39, 0.29) is 0 Å². The lowest BCUT2D eigenvalue weighted by molar-refractivity contribution is 0.753. The second kappa shape index (κ2) is 5.27. The molecule has 126 valence electrons. The first kappa shape index (κ1) is 14.4. The van der Waals surface area contributed by atoms with Gasteiger partial charge in [0.1, 0.15) is 0 Å². The Balaban J connectivity index is 1.61. The maximum Gasteiger partial charge on any atom is 0.185 e. The van der Waals surface area contributed by atoms with Crippen LogP contribution in [-0.4, -0.2) is 42.7 Å². The Hall–Kier alpha value is -2.96. The van der Waals surface area contributed by atoms with Crippen LogP contribution in [0.2, 0.25) is 0 Å². The first-order valence-electron chi connectivity index (χ1n) is 8.55. The highest BCUT2D eigenvalue weighted by Crippen LogP contribution is 2.34. The van der Waals surface area contributed by atoms with E-state index in [1.807, 2.05) is 35.4 Å². The molecule has 1 saturated heterocycles. The molecule has 0 bridgehead atoms. The van der Waals surface area contributed by atoms with Crippen LogP contribution in [0.4, 0.5) is 5.82 Å². The summed E-state index contributed by atoms with van der Waals surface area (Å²) in [5.41, 5.74) is 2.12. The normalized spacial score (nSPS) is 17.8. The van der Waals surface area contributed by atoms with Gasteiger partial charge in [-0.1, -0.05) is 24.3 Å². The van der Waals surface area contributed by atoms with Crippen molar-refractivity contribution in [2.75, 3.05) is 18.0 Å². The van der Waals surface area contributed by atoms with Crippen LogP contribution in [0.25, 0.3) is 16.4 Å². The van der Waals surface area contributed by atoms with Gasteiger partial charge in [0.05, 0.1) is 6.20 Å². The van der Waals surface area contributed by atoms with E-state index < -0.39 is 0 Å². The number of hydrogen-bond acceptors (Lipinski definition) is 5. The minimum absolute atomic E-state index is 0.493. The number of rotatable bonds is 2. The molecule has 0 unspecified atom stereocenters. The zero-order chi connectivity index (χ0) is 17.0. The molecule has 5 rings (SSSR count). The Morgan fingerprint density at radius 1 is 1.12 bits per heavy atom. The molecule has 1 fully saturated rings. The van der Waals surface area contributed by atoms with Gasteiger partial charge in [-0.15, -0.1) is 15.3 Å². The minimum atomic E-state index is 0.493. The maximum atomic E-state index is 4.87. The topological polar surface area (TPSA) is 64.1 Å². The summed E-state index contributed by atoms with van der Waals surface area (Å²) < 4.78 is 3.73. The summed E-state index contributed by atoms with van der Waals surface area (Å²) in [7, 11) is 1.97. The third kappa shape index (κ3) is 2.19. The van der Waals surface area contributed by atoms with E-state index in [2.05, 4.69) is 44.6 Å². The number of fused-ring (bicyclic) bond motifs is 3. The predicted octanol–water partition coefficient (Wildman–Crippen LogP) is 2.31. The fraction of sp³-hybridized carbons (Fsp3) is 0.333. The molecule has 0 spiro atoms. The van der Waals surface area contributed by atoms with Crippen LogP contribution in [0, 0.1) is 6.92 Å². The zero-order valence-corrected chi connectivity index (χ0v) is 14.3. The molecular formula is C18H19N7. The highest BCUT2D eigenvalue weighted by molar-refractivity contribution is 6.00. The molecule has 0 saturated carbocycles. The molecule has 4 aromatic rings. The van der Waals surface area contributed by atoms with Crippen molar-refractivity contribution in [1.82, 2.24) is 29.6 Å². The Labute approximate surface area is 144 Å². The lowest BCUT2D eigenvalue weighted by Crippen LogP contribution is -2.22. The van der Waals surface area contributed by atoms with Gasteiger partial charge in [0.25, 0.3) is 0 Å². The lowest BCUT2D eigenvalue weighted by atomic mass is 10.0. The summed E-state index contributed by atoms with van der Waals surface area (Å²) >= 11 is 0. The van der Waals surface area contributed by atoms with Gasteiger partial charge in [-0.3, -0.25) is 4.68 Å². The second-order valence-corrected chi connectivity index (χ2v) is 6.73. The molecular weight excluding hydrogens is 314 g/mol. The SMILES string of the molecule is Cc1nnc2c3ccccc3c(N3CC[C@@H](c4cnn(C)c4)C3)nn12. The molecule has 7 heteroatoms. The summed E-state index contributed by atoms with van der Waals surface area (Å²) in [6, 6.07) is 8.32. The number of nitrogens with zero attached hydrogens (tertiary/aromatic N) is 7. The van der Waals surface area contributed by atoms with Gasteiger partial charge in [-0.05, 0) is 18.9 Å². The predicted molar refractivity (Wildman–Crippen MR) is 95.8 cm³/mol. The van der Waals surface area contributed by atoms with Crippen LogP contribution in [0.1, 0.15) is 23.7 Å². The van der Waals surface area contributed by atoms with Crippen molar-refractivity contribution in [3.8, 4) is 0 Å². The van der Waals surface area contributed by atoms with Gasteiger partial charge < -0.3 is 4.90 Å². The first-order chi connectivity index (χ1) is 12.2. The van der Waals surface area contributed by atoms with Crippen molar-refractivity contribution in [3.63, 3.8) is 0 Å². The van der Waals surface area contributed by atoms with Crippen LogP contribution in [0.15, 0.2) is 36.7 Å². The number of hydrogen-bond donors (Lipinski definition) is 0. The summed E-state index contributed by atoms with van der Waals surface area (Å²) in [6.45, 7) is 3.88. The average molecular weight is 333 g/mol. The van der Waals surface area contributed by atoms with Gasteiger partial charge in [-0.2, -0.15) is 9.61 Å². The third-order valence-corrected chi connectivity index (χ3v) is 5.08. The lowest BCUT2D eigenvalue weighted by Gasteiger charge is -2.19. The van der Waals surface area contributed by atoms with E-state index in [1.165, 1.54) is 5.56 Å². The van der Waals surface area contributed by atoms with Gasteiger partial charge in [0, 0.05) is 43.0 Å². The van der Waals surface area contributed by atoms with Crippen LogP contribution >= 0.6 is 0 Å². The van der Waals surface area contributed by atoms with Crippen molar-refractivity contribution in [3.05, 3.63) is 48.0 Å². The average Bonchev–Trinajstić information content (AvgIpc) is 3.34. The summed E-state index contributed by atoms with van der Waals surface area (Å²) in [5, 5.41) is 19.9. The van der Waals surface area contributed by atoms with Gasteiger partial charge >= 0.3 is 0 Å². The molecule has 0 N–H and O–H groups in total. The largest absolute Gasteiger partial charge is 0.354 e. The summed E-state index contributed by atoms with van der Waals surface area (Å²) in [6.07, 6.45) is 5.21. The zero-order valence-electron chi connectivity index (χ0n) is 14.3. The number of benzene rings is 1. The molecule has 0 amide bonds. The summed E-state index contributed by atoms with van der Waals surface area (Å²) in [5.74, 6) is 2.31. The van der Waals surface area contributed by atoms with Gasteiger partial charge in [0.2, 0.25) is 0 Å². The fourth-order valence-electron chi connectivity index (χ4n) is 3.78. The van der Waals surface area contributed by atoms with Crippen LogP contribution in [0.5, 0.6) is 0 Å². The Kier molecular flexibility index (Phi) is 3.03. The van der Waals surface area contributed by atoms with E-state index >= 15 is 0 Å². The molecule has 1 aromatic carbocycles. The van der Waals surface area contributed by atoms with Crippen molar-refractivity contribution in [2.45, 2.75) is 19.3 Å². The van der Waals surface area contributed by atoms with E-state index in [0.29, 0.717) is 5.92 Å². The van der Waals surface area contributed by atoms with Crippen LogP contribution in [0.3, 0.4) is 0 Å². The Morgan fingerprint density at radius 3 is 2.76 bits per heavy atom. The van der Waals surface area contributed by atoms with E-state index in [9.17, 15) is 0 Å². The highest BCUT2D eigenvalue weighted by Gasteiger charge is 2.27. The van der Waals surface area contributed by atoms with Crippen molar-refractivity contribution < 1.29 is 0 Å². The molecule has 1 atom stereocenters. The Bertz CT molecular complexity index is 1080. The van der Waals surface area contributed by atoms with Gasteiger partial charge in [0.15, 0.2) is 17.3 Å². The summed E-state index contributed by atoms with van der Waals surface area (Å²) in [4.78, 5) is 2.37. The molecule has 0 radical (unpaired) electrons. The van der Waals surface area contributed by atoms with Crippen molar-refractivity contribution in [1.29, 1.82) is 0 Å². The maximum absolute atomic E-state index is 4.87. The molecule has 1 aliphatic heterocycles. The number of aryl methyl sites for hydroxylation is 2. The first-order valence-corrected chi connectivity index (χ1v) is 8.55. The van der Waals surface area contributed by atoms with Gasteiger partial charge in [-0.25, -0.2) is 0 Å². The molecule has 7 nitrogen and oxygen atoms in total. The van der Waals surface area contributed by atoms with Crippen molar-refractivity contribution in [2.24, 2.45) is 7.05 Å². The quantitative estimate of drug-likeness (QED) is 0.563. The molecule has 0 aliphatic carbocycles. The second-order valence-electron chi connectivity index (χ2n) is 6.73. The number of anilines is 1. The third-order valence-electron chi connectivity index (χ3n) is 5.08. The molecule has 3 aromatic heterocycles. The minimum Gasteiger partial charge on any atom is -0.354 e. The van der Waals surface area contributed by atoms with E-state index in [0.717, 1.165) is 47.6 Å². The van der Waals surface area contributed by atoms with Crippen LogP contribution < -0.4 is 4.90 Å².